The lowest BCUT2D eigenvalue weighted by Crippen LogP contribution is -2.35. The molecular formula is C22H23ClFN3O4. The largest absolute Gasteiger partial charge is 0.481 e. The fourth-order valence-electron chi connectivity index (χ4n) is 4.28. The summed E-state index contributed by atoms with van der Waals surface area (Å²) in [5.74, 6) is -0.260. The monoisotopic (exact) mass is 447 g/mol. The Kier molecular flexibility index (Phi) is 6.36. The summed E-state index contributed by atoms with van der Waals surface area (Å²) in [4.78, 5) is 33.7. The van der Waals surface area contributed by atoms with Crippen molar-refractivity contribution < 1.29 is 23.8 Å². The minimum absolute atomic E-state index is 0.0432. The first kappa shape index (κ1) is 21.5. The van der Waals surface area contributed by atoms with E-state index in [-0.39, 0.29) is 11.1 Å². The number of carboxylic acid groups (broad SMARTS) is 1. The Morgan fingerprint density at radius 2 is 1.94 bits per heavy atom. The van der Waals surface area contributed by atoms with Gasteiger partial charge in [0.1, 0.15) is 5.82 Å². The summed E-state index contributed by atoms with van der Waals surface area (Å²) in [5, 5.41) is 9.29. The number of rotatable bonds is 7. The summed E-state index contributed by atoms with van der Waals surface area (Å²) in [6, 6.07) is 3.76. The van der Waals surface area contributed by atoms with Crippen LogP contribution in [0.15, 0.2) is 30.6 Å². The number of carboxylic acids is 1. The second-order valence-corrected chi connectivity index (χ2v) is 8.60. The van der Waals surface area contributed by atoms with E-state index in [1.807, 2.05) is 0 Å². The second kappa shape index (κ2) is 9.18. The highest BCUT2D eigenvalue weighted by atomic mass is 35.5. The zero-order valence-corrected chi connectivity index (χ0v) is 17.6. The predicted molar refractivity (Wildman–Crippen MR) is 112 cm³/mol. The molecule has 0 radical (unpaired) electrons. The highest BCUT2D eigenvalue weighted by Crippen LogP contribution is 2.48. The van der Waals surface area contributed by atoms with Crippen LogP contribution in [0.1, 0.15) is 35.2 Å². The van der Waals surface area contributed by atoms with E-state index in [0.29, 0.717) is 35.3 Å². The number of piperidine rings is 1. The summed E-state index contributed by atoms with van der Waals surface area (Å²) in [6.07, 6.45) is 5.89. The van der Waals surface area contributed by atoms with Gasteiger partial charge in [0.05, 0.1) is 36.0 Å². The highest BCUT2D eigenvalue weighted by Gasteiger charge is 2.44. The smallest absolute Gasteiger partial charge is 0.338 e. The van der Waals surface area contributed by atoms with Gasteiger partial charge in [-0.2, -0.15) is 0 Å². The lowest BCUT2D eigenvalue weighted by atomic mass is 9.91. The van der Waals surface area contributed by atoms with Crippen LogP contribution in [0.2, 0.25) is 5.02 Å². The number of hydrogen-bond donors (Lipinski definition) is 1. The molecule has 1 aliphatic carbocycles. The van der Waals surface area contributed by atoms with Crippen molar-refractivity contribution in [3.8, 4) is 0 Å². The molecule has 2 aromatic rings. The van der Waals surface area contributed by atoms with Crippen molar-refractivity contribution >= 4 is 29.5 Å². The number of benzene rings is 1. The summed E-state index contributed by atoms with van der Waals surface area (Å²) in [5.41, 5.74) is 0.141. The second-order valence-electron chi connectivity index (χ2n) is 8.16. The molecule has 1 aliphatic heterocycles. The molecule has 2 aliphatic rings. The maximum absolute atomic E-state index is 14.0. The standard InChI is InChI=1S/C22H23ClFN3O4/c23-17-10-25-22(26-11-17)27-5-3-13(4-6-27)18-7-16(18)12-31-21(30)15-2-1-14(9-20(28)29)19(24)8-15/h1-2,8,10-11,13,16,18H,3-7,9,12H2,(H,28,29). The van der Waals surface area contributed by atoms with Crippen molar-refractivity contribution in [3.05, 3.63) is 52.6 Å². The van der Waals surface area contributed by atoms with Crippen LogP contribution in [-0.2, 0) is 16.0 Å². The maximum atomic E-state index is 14.0. The van der Waals surface area contributed by atoms with E-state index in [1.54, 1.807) is 12.4 Å². The van der Waals surface area contributed by atoms with Gasteiger partial charge in [-0.25, -0.2) is 19.2 Å². The molecule has 2 fully saturated rings. The first-order valence-corrected chi connectivity index (χ1v) is 10.7. The Morgan fingerprint density at radius 3 is 2.58 bits per heavy atom. The number of hydrogen-bond acceptors (Lipinski definition) is 6. The van der Waals surface area contributed by atoms with E-state index in [0.717, 1.165) is 38.4 Å². The lowest BCUT2D eigenvalue weighted by molar-refractivity contribution is -0.136. The molecule has 0 bridgehead atoms. The number of esters is 1. The van der Waals surface area contributed by atoms with Crippen molar-refractivity contribution in [1.29, 1.82) is 0 Å². The number of nitrogens with zero attached hydrogens (tertiary/aromatic N) is 3. The minimum Gasteiger partial charge on any atom is -0.481 e. The van der Waals surface area contributed by atoms with E-state index < -0.39 is 24.2 Å². The molecule has 7 nitrogen and oxygen atoms in total. The van der Waals surface area contributed by atoms with Gasteiger partial charge in [0.2, 0.25) is 5.95 Å². The van der Waals surface area contributed by atoms with Crippen molar-refractivity contribution in [2.45, 2.75) is 25.7 Å². The third-order valence-electron chi connectivity index (χ3n) is 6.07. The fourth-order valence-corrected chi connectivity index (χ4v) is 4.38. The Balaban J connectivity index is 1.22. The number of aliphatic carboxylic acids is 1. The molecule has 1 saturated heterocycles. The van der Waals surface area contributed by atoms with Crippen LogP contribution in [-0.4, -0.2) is 46.7 Å². The van der Waals surface area contributed by atoms with E-state index in [2.05, 4.69) is 14.9 Å². The first-order chi connectivity index (χ1) is 14.9. The maximum Gasteiger partial charge on any atom is 0.338 e. The normalized spacial score (nSPS) is 21.0. The van der Waals surface area contributed by atoms with Crippen LogP contribution in [0.5, 0.6) is 0 Å². The minimum atomic E-state index is -1.12. The van der Waals surface area contributed by atoms with Crippen LogP contribution in [0, 0.1) is 23.6 Å². The summed E-state index contributed by atoms with van der Waals surface area (Å²) < 4.78 is 19.4. The summed E-state index contributed by atoms with van der Waals surface area (Å²) in [7, 11) is 0. The molecule has 1 aromatic carbocycles. The van der Waals surface area contributed by atoms with Gasteiger partial charge in [0, 0.05) is 13.1 Å². The van der Waals surface area contributed by atoms with Crippen LogP contribution in [0.3, 0.4) is 0 Å². The van der Waals surface area contributed by atoms with Crippen molar-refractivity contribution in [2.24, 2.45) is 17.8 Å². The van der Waals surface area contributed by atoms with Gasteiger partial charge in [0.25, 0.3) is 0 Å². The molecule has 164 valence electrons. The topological polar surface area (TPSA) is 92.6 Å². The van der Waals surface area contributed by atoms with Gasteiger partial charge in [-0.15, -0.1) is 0 Å². The number of anilines is 1. The Bertz CT molecular complexity index is 964. The Morgan fingerprint density at radius 1 is 1.23 bits per heavy atom. The summed E-state index contributed by atoms with van der Waals surface area (Å²) in [6.45, 7) is 2.09. The fraction of sp³-hybridized carbons (Fsp3) is 0.455. The predicted octanol–water partition coefficient (Wildman–Crippen LogP) is 3.61. The molecule has 2 heterocycles. The molecule has 31 heavy (non-hydrogen) atoms. The number of halogens is 2. The van der Waals surface area contributed by atoms with Crippen LogP contribution >= 0.6 is 11.6 Å². The molecule has 2 atom stereocenters. The molecule has 9 heteroatoms. The quantitative estimate of drug-likeness (QED) is 0.648. The highest BCUT2D eigenvalue weighted by molar-refractivity contribution is 6.30. The molecule has 0 spiro atoms. The average molecular weight is 448 g/mol. The van der Waals surface area contributed by atoms with Crippen LogP contribution < -0.4 is 4.90 Å². The molecule has 1 aromatic heterocycles. The number of aromatic nitrogens is 2. The molecule has 2 unspecified atom stereocenters. The van der Waals surface area contributed by atoms with Gasteiger partial charge < -0.3 is 14.7 Å². The van der Waals surface area contributed by atoms with Crippen molar-refractivity contribution in [3.63, 3.8) is 0 Å². The lowest BCUT2D eigenvalue weighted by Gasteiger charge is -2.32. The van der Waals surface area contributed by atoms with E-state index in [4.69, 9.17) is 21.4 Å². The molecule has 1 saturated carbocycles. The van der Waals surface area contributed by atoms with Gasteiger partial charge in [-0.3, -0.25) is 4.79 Å². The molecule has 1 N–H and O–H groups in total. The SMILES string of the molecule is O=C(O)Cc1ccc(C(=O)OCC2CC2C2CCN(c3ncc(Cl)cn3)CC2)cc1F. The third-order valence-corrected chi connectivity index (χ3v) is 6.27. The van der Waals surface area contributed by atoms with Crippen LogP contribution in [0.4, 0.5) is 10.3 Å². The zero-order chi connectivity index (χ0) is 22.0. The average Bonchev–Trinajstić information content (AvgIpc) is 3.53. The molecular weight excluding hydrogens is 425 g/mol. The van der Waals surface area contributed by atoms with Crippen molar-refractivity contribution in [1.82, 2.24) is 9.97 Å². The van der Waals surface area contributed by atoms with Gasteiger partial charge >= 0.3 is 11.9 Å². The zero-order valence-electron chi connectivity index (χ0n) is 16.8. The number of ether oxygens (including phenoxy) is 1. The molecule has 0 amide bonds. The van der Waals surface area contributed by atoms with Crippen molar-refractivity contribution in [2.75, 3.05) is 24.6 Å². The third kappa shape index (κ3) is 5.31. The van der Waals surface area contributed by atoms with Gasteiger partial charge in [-0.05, 0) is 54.7 Å². The van der Waals surface area contributed by atoms with Crippen LogP contribution in [0.25, 0.3) is 0 Å². The Labute approximate surface area is 184 Å². The van der Waals surface area contributed by atoms with Gasteiger partial charge in [0.15, 0.2) is 0 Å². The number of carbonyl (C=O) groups excluding carboxylic acids is 1. The Hall–Kier alpha value is -2.74. The first-order valence-electron chi connectivity index (χ1n) is 10.3. The summed E-state index contributed by atoms with van der Waals surface area (Å²) >= 11 is 5.84. The van der Waals surface area contributed by atoms with E-state index >= 15 is 0 Å². The number of carbonyl (C=O) groups is 2. The van der Waals surface area contributed by atoms with E-state index in [9.17, 15) is 14.0 Å². The van der Waals surface area contributed by atoms with Gasteiger partial charge in [-0.1, -0.05) is 17.7 Å². The van der Waals surface area contributed by atoms with E-state index in [1.165, 1.54) is 12.1 Å². The molecule has 4 rings (SSSR count).